The third-order valence-electron chi connectivity index (χ3n) is 5.53. The van der Waals surface area contributed by atoms with E-state index in [-0.39, 0.29) is 5.92 Å². The Morgan fingerprint density at radius 2 is 1.69 bits per heavy atom. The Morgan fingerprint density at radius 1 is 1.08 bits per heavy atom. The van der Waals surface area contributed by atoms with E-state index in [1.165, 1.54) is 13.8 Å². The number of rotatable bonds is 4. The van der Waals surface area contributed by atoms with Crippen molar-refractivity contribution in [1.29, 1.82) is 0 Å². The van der Waals surface area contributed by atoms with Crippen molar-refractivity contribution >= 4 is 17.9 Å². The fourth-order valence-corrected chi connectivity index (χ4v) is 4.63. The fraction of sp³-hybridized carbons (Fsp3) is 0.450. The first kappa shape index (κ1) is 18.2. The lowest BCUT2D eigenvalue weighted by Gasteiger charge is -2.41. The molecule has 0 aromatic heterocycles. The van der Waals surface area contributed by atoms with Crippen molar-refractivity contribution in [2.24, 2.45) is 11.3 Å². The first-order chi connectivity index (χ1) is 12.3. The van der Waals surface area contributed by atoms with Gasteiger partial charge in [-0.15, -0.1) is 0 Å². The van der Waals surface area contributed by atoms with Crippen LogP contribution in [0.15, 0.2) is 42.0 Å². The minimum absolute atomic E-state index is 0.382. The lowest BCUT2D eigenvalue weighted by molar-refractivity contribution is -0.170. The Bertz CT molecular complexity index is 768. The molecule has 5 atom stereocenters. The fourth-order valence-electron chi connectivity index (χ4n) is 4.63. The summed E-state index contributed by atoms with van der Waals surface area (Å²) < 4.78 is 10.9. The monoisotopic (exact) mass is 358 g/mol. The molecule has 2 bridgehead atoms. The number of benzene rings is 1. The van der Waals surface area contributed by atoms with Gasteiger partial charge in [0.2, 0.25) is 0 Å². The van der Waals surface area contributed by atoms with Crippen molar-refractivity contribution < 1.29 is 29.0 Å². The number of aliphatic carboxylic acids is 1. The lowest BCUT2D eigenvalue weighted by Crippen LogP contribution is -2.51. The van der Waals surface area contributed by atoms with Gasteiger partial charge in [0.25, 0.3) is 0 Å². The maximum Gasteiger partial charge on any atom is 0.318 e. The maximum atomic E-state index is 12.5. The van der Waals surface area contributed by atoms with Crippen LogP contribution in [-0.4, -0.2) is 35.2 Å². The van der Waals surface area contributed by atoms with Crippen LogP contribution in [-0.2, 0) is 23.9 Å². The summed E-state index contributed by atoms with van der Waals surface area (Å²) in [5.74, 6) is -2.82. The molecule has 6 nitrogen and oxygen atoms in total. The van der Waals surface area contributed by atoms with E-state index in [4.69, 9.17) is 9.47 Å². The van der Waals surface area contributed by atoms with E-state index >= 15 is 0 Å². The first-order valence-corrected chi connectivity index (χ1v) is 8.60. The molecule has 1 aromatic carbocycles. The third-order valence-corrected chi connectivity index (χ3v) is 5.53. The van der Waals surface area contributed by atoms with Crippen LogP contribution >= 0.6 is 0 Å². The second kappa shape index (κ2) is 6.59. The van der Waals surface area contributed by atoms with Gasteiger partial charge in [-0.25, -0.2) is 0 Å². The van der Waals surface area contributed by atoms with E-state index in [9.17, 15) is 19.5 Å². The molecule has 1 saturated carbocycles. The molecule has 0 heterocycles. The van der Waals surface area contributed by atoms with Crippen molar-refractivity contribution in [3.05, 3.63) is 47.5 Å². The summed E-state index contributed by atoms with van der Waals surface area (Å²) in [4.78, 5) is 35.8. The van der Waals surface area contributed by atoms with Crippen molar-refractivity contribution in [1.82, 2.24) is 0 Å². The van der Waals surface area contributed by atoms with Crippen LogP contribution in [0.2, 0.25) is 0 Å². The van der Waals surface area contributed by atoms with Crippen LogP contribution in [0.1, 0.15) is 38.7 Å². The molecule has 0 radical (unpaired) electrons. The van der Waals surface area contributed by atoms with Gasteiger partial charge in [0.1, 0.15) is 17.6 Å². The van der Waals surface area contributed by atoms with Gasteiger partial charge in [0.05, 0.1) is 0 Å². The summed E-state index contributed by atoms with van der Waals surface area (Å²) in [5.41, 5.74) is 0.0461. The van der Waals surface area contributed by atoms with Crippen LogP contribution in [0.4, 0.5) is 0 Å². The van der Waals surface area contributed by atoms with Crippen LogP contribution < -0.4 is 0 Å². The molecule has 138 valence electrons. The van der Waals surface area contributed by atoms with Gasteiger partial charge in [0, 0.05) is 25.7 Å². The summed E-state index contributed by atoms with van der Waals surface area (Å²) >= 11 is 0. The number of hydrogen-bond acceptors (Lipinski definition) is 5. The number of hydrogen-bond donors (Lipinski definition) is 1. The van der Waals surface area contributed by atoms with Crippen molar-refractivity contribution in [2.45, 2.75) is 45.3 Å². The summed E-state index contributed by atoms with van der Waals surface area (Å²) in [5, 5.41) is 10.2. The number of ether oxygens (including phenoxy) is 2. The Labute approximate surface area is 151 Å². The number of carbonyl (C=O) groups excluding carboxylic acids is 2. The number of fused-ring (bicyclic) bond motifs is 2. The molecular weight excluding hydrogens is 336 g/mol. The minimum Gasteiger partial charge on any atom is -0.480 e. The van der Waals surface area contributed by atoms with E-state index in [0.717, 1.165) is 5.56 Å². The zero-order valence-corrected chi connectivity index (χ0v) is 15.0. The molecule has 2 aliphatic rings. The first-order valence-electron chi connectivity index (χ1n) is 8.60. The largest absolute Gasteiger partial charge is 0.480 e. The Morgan fingerprint density at radius 3 is 2.23 bits per heavy atom. The smallest absolute Gasteiger partial charge is 0.318 e. The molecule has 26 heavy (non-hydrogen) atoms. The summed E-state index contributed by atoms with van der Waals surface area (Å²) in [6.07, 6.45) is 0.637. The van der Waals surface area contributed by atoms with E-state index in [2.05, 4.69) is 0 Å². The highest BCUT2D eigenvalue weighted by Crippen LogP contribution is 2.61. The molecule has 1 N–H and O–H groups in total. The van der Waals surface area contributed by atoms with Crippen molar-refractivity contribution in [3.63, 3.8) is 0 Å². The molecule has 6 heteroatoms. The Balaban J connectivity index is 2.17. The average Bonchev–Trinajstić information content (AvgIpc) is 2.82. The Hall–Kier alpha value is -2.63. The highest BCUT2D eigenvalue weighted by Gasteiger charge is 2.67. The second-order valence-corrected chi connectivity index (χ2v) is 6.99. The van der Waals surface area contributed by atoms with Gasteiger partial charge in [-0.2, -0.15) is 0 Å². The average molecular weight is 358 g/mol. The molecule has 3 rings (SSSR count). The van der Waals surface area contributed by atoms with Crippen molar-refractivity contribution in [2.75, 3.05) is 0 Å². The van der Waals surface area contributed by atoms with Gasteiger partial charge in [-0.05, 0) is 25.0 Å². The van der Waals surface area contributed by atoms with E-state index in [1.807, 2.05) is 30.3 Å². The number of carbonyl (C=O) groups is 3. The SMILES string of the molecule is CC(=O)OC1C=C(C)C2(C(=O)O)C(c3ccccc3)CC1C2OC(C)=O. The molecule has 0 saturated heterocycles. The van der Waals surface area contributed by atoms with Crippen LogP contribution in [0.3, 0.4) is 0 Å². The van der Waals surface area contributed by atoms with Gasteiger partial charge in [-0.3, -0.25) is 14.4 Å². The zero-order chi connectivity index (χ0) is 19.1. The van der Waals surface area contributed by atoms with Gasteiger partial charge in [-0.1, -0.05) is 35.9 Å². The Kier molecular flexibility index (Phi) is 4.61. The normalized spacial score (nSPS) is 32.5. The van der Waals surface area contributed by atoms with E-state index in [1.54, 1.807) is 13.0 Å². The van der Waals surface area contributed by atoms with Gasteiger partial charge in [0.15, 0.2) is 0 Å². The molecule has 2 aliphatic carbocycles. The van der Waals surface area contributed by atoms with E-state index < -0.39 is 41.4 Å². The van der Waals surface area contributed by atoms with Crippen LogP contribution in [0.25, 0.3) is 0 Å². The molecule has 1 fully saturated rings. The highest BCUT2D eigenvalue weighted by atomic mass is 16.6. The number of carboxylic acids is 1. The predicted octanol–water partition coefficient (Wildman–Crippen LogP) is 2.68. The topological polar surface area (TPSA) is 89.9 Å². The van der Waals surface area contributed by atoms with Crippen LogP contribution in [0, 0.1) is 11.3 Å². The van der Waals surface area contributed by atoms with Gasteiger partial charge < -0.3 is 14.6 Å². The standard InChI is InChI=1S/C20H22O6/c1-11-9-17(25-12(2)21)15-10-16(14-7-5-4-6-8-14)20(11,19(23)24)18(15)26-13(3)22/h4-9,15-18H,10H2,1-3H3,(H,23,24). The molecule has 1 aromatic rings. The molecule has 0 amide bonds. The number of carboxylic acid groups (broad SMARTS) is 1. The number of esters is 2. The summed E-state index contributed by atoms with van der Waals surface area (Å²) in [6.45, 7) is 4.28. The zero-order valence-electron chi connectivity index (χ0n) is 15.0. The predicted molar refractivity (Wildman–Crippen MR) is 92.2 cm³/mol. The van der Waals surface area contributed by atoms with E-state index in [0.29, 0.717) is 12.0 Å². The lowest BCUT2D eigenvalue weighted by atomic mass is 9.66. The molecule has 0 aliphatic heterocycles. The van der Waals surface area contributed by atoms with Crippen LogP contribution in [0.5, 0.6) is 0 Å². The third kappa shape index (κ3) is 2.69. The second-order valence-electron chi connectivity index (χ2n) is 6.99. The summed E-state index contributed by atoms with van der Waals surface area (Å²) in [7, 11) is 0. The summed E-state index contributed by atoms with van der Waals surface area (Å²) in [6, 6.07) is 9.35. The molecule has 0 spiro atoms. The van der Waals surface area contributed by atoms with Crippen molar-refractivity contribution in [3.8, 4) is 0 Å². The molecular formula is C20H22O6. The molecule has 5 unspecified atom stereocenters. The highest BCUT2D eigenvalue weighted by molar-refractivity contribution is 5.83. The van der Waals surface area contributed by atoms with Gasteiger partial charge >= 0.3 is 17.9 Å². The maximum absolute atomic E-state index is 12.5. The minimum atomic E-state index is -1.37. The quantitative estimate of drug-likeness (QED) is 0.657.